The van der Waals surface area contributed by atoms with Gasteiger partial charge in [0.25, 0.3) is 5.91 Å². The Hall–Kier alpha value is -1.88. The molecule has 1 unspecified atom stereocenters. The van der Waals surface area contributed by atoms with Crippen molar-refractivity contribution < 1.29 is 19.4 Å². The van der Waals surface area contributed by atoms with Gasteiger partial charge in [-0.3, -0.25) is 4.79 Å². The van der Waals surface area contributed by atoms with Gasteiger partial charge < -0.3 is 14.7 Å². The molecule has 5 heteroatoms. The number of hydrogen-bond donors (Lipinski definition) is 1. The zero-order valence-corrected chi connectivity index (χ0v) is 10.1. The summed E-state index contributed by atoms with van der Waals surface area (Å²) in [5.74, 6) is -1.29. The standard InChI is InChI=1S/C13H15NO4/c1-9-2-4-10(5-3-9)12(15)14-6-7-18-8-11(14)13(16)17/h2-5,11H,6-8H2,1H3,(H,16,17). The van der Waals surface area contributed by atoms with Gasteiger partial charge in [0.05, 0.1) is 13.2 Å². The lowest BCUT2D eigenvalue weighted by Gasteiger charge is -2.32. The van der Waals surface area contributed by atoms with Crippen LogP contribution in [0.4, 0.5) is 0 Å². The Kier molecular flexibility index (Phi) is 3.62. The van der Waals surface area contributed by atoms with Crippen molar-refractivity contribution in [3.05, 3.63) is 35.4 Å². The second kappa shape index (κ2) is 5.18. The average molecular weight is 249 g/mol. The van der Waals surface area contributed by atoms with E-state index in [1.54, 1.807) is 12.1 Å². The van der Waals surface area contributed by atoms with Crippen molar-refractivity contribution in [2.24, 2.45) is 0 Å². The molecule has 1 aromatic carbocycles. The predicted molar refractivity (Wildman–Crippen MR) is 64.5 cm³/mol. The van der Waals surface area contributed by atoms with E-state index in [2.05, 4.69) is 0 Å². The minimum atomic E-state index is -1.03. The van der Waals surface area contributed by atoms with Gasteiger partial charge in [0.2, 0.25) is 0 Å². The van der Waals surface area contributed by atoms with Crippen molar-refractivity contribution in [1.29, 1.82) is 0 Å². The number of carboxylic acid groups (broad SMARTS) is 1. The van der Waals surface area contributed by atoms with Crippen LogP contribution < -0.4 is 0 Å². The van der Waals surface area contributed by atoms with Crippen molar-refractivity contribution in [3.8, 4) is 0 Å². The number of hydrogen-bond acceptors (Lipinski definition) is 3. The third kappa shape index (κ3) is 2.51. The number of morpholine rings is 1. The average Bonchev–Trinajstić information content (AvgIpc) is 2.39. The molecule has 96 valence electrons. The highest BCUT2D eigenvalue weighted by Crippen LogP contribution is 2.13. The van der Waals surface area contributed by atoms with Crippen LogP contribution in [0.1, 0.15) is 15.9 Å². The highest BCUT2D eigenvalue weighted by atomic mass is 16.5. The van der Waals surface area contributed by atoms with Gasteiger partial charge in [-0.05, 0) is 19.1 Å². The van der Waals surface area contributed by atoms with Gasteiger partial charge in [0.15, 0.2) is 6.04 Å². The Morgan fingerprint density at radius 2 is 2.00 bits per heavy atom. The Labute approximate surface area is 105 Å². The summed E-state index contributed by atoms with van der Waals surface area (Å²) in [6.07, 6.45) is 0. The molecule has 1 atom stereocenters. The first-order valence-electron chi connectivity index (χ1n) is 5.78. The maximum Gasteiger partial charge on any atom is 0.328 e. The van der Waals surface area contributed by atoms with Crippen molar-refractivity contribution >= 4 is 11.9 Å². The molecule has 1 aliphatic heterocycles. The number of carboxylic acids is 1. The Bertz CT molecular complexity index is 455. The molecule has 1 aliphatic rings. The fourth-order valence-corrected chi connectivity index (χ4v) is 1.91. The van der Waals surface area contributed by atoms with Crippen LogP contribution in [0.25, 0.3) is 0 Å². The van der Waals surface area contributed by atoms with Crippen LogP contribution >= 0.6 is 0 Å². The minimum absolute atomic E-state index is 0.0485. The summed E-state index contributed by atoms with van der Waals surface area (Å²) in [7, 11) is 0. The van der Waals surface area contributed by atoms with Crippen LogP contribution in [-0.2, 0) is 9.53 Å². The van der Waals surface area contributed by atoms with E-state index in [9.17, 15) is 9.59 Å². The molecule has 1 N–H and O–H groups in total. The molecule has 0 aromatic heterocycles. The molecule has 5 nitrogen and oxygen atoms in total. The first kappa shape index (κ1) is 12.6. The molecule has 1 saturated heterocycles. The summed E-state index contributed by atoms with van der Waals surface area (Å²) in [4.78, 5) is 24.7. The van der Waals surface area contributed by atoms with Crippen molar-refractivity contribution in [2.45, 2.75) is 13.0 Å². The molecule has 0 bridgehead atoms. The van der Waals surface area contributed by atoms with Crippen LogP contribution in [0.5, 0.6) is 0 Å². The van der Waals surface area contributed by atoms with E-state index < -0.39 is 12.0 Å². The summed E-state index contributed by atoms with van der Waals surface area (Å²) >= 11 is 0. The second-order valence-electron chi connectivity index (χ2n) is 4.29. The summed E-state index contributed by atoms with van der Waals surface area (Å²) in [5.41, 5.74) is 1.57. The zero-order valence-electron chi connectivity index (χ0n) is 10.1. The first-order valence-corrected chi connectivity index (χ1v) is 5.78. The van der Waals surface area contributed by atoms with E-state index in [4.69, 9.17) is 9.84 Å². The maximum atomic E-state index is 12.2. The highest BCUT2D eigenvalue weighted by Gasteiger charge is 2.33. The molecule has 0 saturated carbocycles. The molecule has 0 spiro atoms. The first-order chi connectivity index (χ1) is 8.59. The van der Waals surface area contributed by atoms with Crippen LogP contribution in [0.2, 0.25) is 0 Å². The molecule has 1 amide bonds. The maximum absolute atomic E-state index is 12.2. The summed E-state index contributed by atoms with van der Waals surface area (Å²) in [6.45, 7) is 2.67. The normalized spacial score (nSPS) is 19.6. The van der Waals surface area contributed by atoms with Crippen LogP contribution in [0.15, 0.2) is 24.3 Å². The Balaban J connectivity index is 2.20. The van der Waals surface area contributed by atoms with E-state index in [1.165, 1.54) is 4.90 Å². The molecule has 1 heterocycles. The van der Waals surface area contributed by atoms with E-state index in [1.807, 2.05) is 19.1 Å². The zero-order chi connectivity index (χ0) is 13.1. The number of carbonyl (C=O) groups excluding carboxylic acids is 1. The molecule has 2 rings (SSSR count). The van der Waals surface area contributed by atoms with E-state index in [0.29, 0.717) is 18.7 Å². The number of nitrogens with zero attached hydrogens (tertiary/aromatic N) is 1. The summed E-state index contributed by atoms with van der Waals surface area (Å²) in [5, 5.41) is 9.07. The van der Waals surface area contributed by atoms with Crippen LogP contribution in [-0.4, -0.2) is 47.7 Å². The number of amides is 1. The van der Waals surface area contributed by atoms with Crippen molar-refractivity contribution in [3.63, 3.8) is 0 Å². The summed E-state index contributed by atoms with van der Waals surface area (Å²) < 4.78 is 5.10. The fourth-order valence-electron chi connectivity index (χ4n) is 1.91. The molecule has 1 fully saturated rings. The van der Waals surface area contributed by atoms with Gasteiger partial charge in [-0.25, -0.2) is 4.79 Å². The largest absolute Gasteiger partial charge is 0.480 e. The van der Waals surface area contributed by atoms with Crippen molar-refractivity contribution in [2.75, 3.05) is 19.8 Å². The van der Waals surface area contributed by atoms with Crippen LogP contribution in [0.3, 0.4) is 0 Å². The molecular weight excluding hydrogens is 234 g/mol. The lowest BCUT2D eigenvalue weighted by Crippen LogP contribution is -2.52. The molecule has 1 aromatic rings. The molecule has 0 radical (unpaired) electrons. The van der Waals surface area contributed by atoms with E-state index >= 15 is 0 Å². The topological polar surface area (TPSA) is 66.8 Å². The minimum Gasteiger partial charge on any atom is -0.480 e. The third-order valence-corrected chi connectivity index (χ3v) is 2.97. The molecule has 0 aliphatic carbocycles. The van der Waals surface area contributed by atoms with E-state index in [0.717, 1.165) is 5.56 Å². The van der Waals surface area contributed by atoms with Gasteiger partial charge in [-0.15, -0.1) is 0 Å². The number of rotatable bonds is 2. The highest BCUT2D eigenvalue weighted by molar-refractivity contribution is 5.96. The number of aliphatic carboxylic acids is 1. The van der Waals surface area contributed by atoms with E-state index in [-0.39, 0.29) is 12.5 Å². The molecular formula is C13H15NO4. The van der Waals surface area contributed by atoms with Gasteiger partial charge in [0.1, 0.15) is 0 Å². The lowest BCUT2D eigenvalue weighted by molar-refractivity contribution is -0.147. The second-order valence-corrected chi connectivity index (χ2v) is 4.29. The number of ether oxygens (including phenoxy) is 1. The number of aryl methyl sites for hydroxylation is 1. The third-order valence-electron chi connectivity index (χ3n) is 2.97. The SMILES string of the molecule is Cc1ccc(C(=O)N2CCOCC2C(=O)O)cc1. The van der Waals surface area contributed by atoms with Gasteiger partial charge >= 0.3 is 5.97 Å². The Morgan fingerprint density at radius 3 is 2.61 bits per heavy atom. The fraction of sp³-hybridized carbons (Fsp3) is 0.385. The quantitative estimate of drug-likeness (QED) is 0.846. The molecule has 18 heavy (non-hydrogen) atoms. The number of carbonyl (C=O) groups is 2. The number of benzene rings is 1. The van der Waals surface area contributed by atoms with Gasteiger partial charge in [-0.2, -0.15) is 0 Å². The lowest BCUT2D eigenvalue weighted by atomic mass is 10.1. The Morgan fingerprint density at radius 1 is 1.33 bits per heavy atom. The van der Waals surface area contributed by atoms with Crippen molar-refractivity contribution in [1.82, 2.24) is 4.90 Å². The van der Waals surface area contributed by atoms with Crippen LogP contribution in [0, 0.1) is 6.92 Å². The monoisotopic (exact) mass is 249 g/mol. The summed E-state index contributed by atoms with van der Waals surface area (Å²) in [6, 6.07) is 6.21. The van der Waals surface area contributed by atoms with Gasteiger partial charge in [-0.1, -0.05) is 17.7 Å². The smallest absolute Gasteiger partial charge is 0.328 e. The predicted octanol–water partition coefficient (Wildman–Crippen LogP) is 0.921. The van der Waals surface area contributed by atoms with Gasteiger partial charge in [0, 0.05) is 12.1 Å².